The molecule has 4 nitrogen and oxygen atoms in total. The zero-order valence-corrected chi connectivity index (χ0v) is 9.54. The minimum absolute atomic E-state index is 0.0462. The highest BCUT2D eigenvalue weighted by molar-refractivity contribution is 7.09. The molecular weight excluding hydrogens is 210 g/mol. The first-order chi connectivity index (χ1) is 7.24. The summed E-state index contributed by atoms with van der Waals surface area (Å²) in [6.45, 7) is 2.86. The first-order valence-electron chi connectivity index (χ1n) is 5.17. The van der Waals surface area contributed by atoms with Crippen LogP contribution in [0.4, 0.5) is 0 Å². The topological polar surface area (TPSA) is 59.2 Å². The van der Waals surface area contributed by atoms with Gasteiger partial charge in [0.2, 0.25) is 5.91 Å². The average molecular weight is 225 g/mol. The number of nitrogens with two attached hydrogens (primary N) is 1. The van der Waals surface area contributed by atoms with Gasteiger partial charge in [-0.1, -0.05) is 6.92 Å². The molecule has 1 fully saturated rings. The molecule has 1 aliphatic heterocycles. The lowest BCUT2D eigenvalue weighted by Gasteiger charge is -2.25. The fraction of sp³-hybridized carbons (Fsp3) is 0.600. The molecule has 0 spiro atoms. The van der Waals surface area contributed by atoms with E-state index in [9.17, 15) is 4.79 Å². The van der Waals surface area contributed by atoms with Gasteiger partial charge in [0.15, 0.2) is 0 Å². The van der Waals surface area contributed by atoms with Crippen LogP contribution in [0.1, 0.15) is 30.7 Å². The van der Waals surface area contributed by atoms with Gasteiger partial charge in [0, 0.05) is 30.1 Å². The molecule has 2 rings (SSSR count). The van der Waals surface area contributed by atoms with Crippen molar-refractivity contribution in [2.45, 2.75) is 31.8 Å². The maximum atomic E-state index is 11.7. The lowest BCUT2D eigenvalue weighted by Crippen LogP contribution is -2.33. The number of thiazole rings is 1. The SMILES string of the molecule is CCCN1C(=O)C[C@H](N)[C@H]1c1cncs1. The molecule has 1 amide bonds. The minimum atomic E-state index is -0.0792. The van der Waals surface area contributed by atoms with E-state index in [1.165, 1.54) is 0 Å². The number of rotatable bonds is 3. The second kappa shape index (κ2) is 4.28. The van der Waals surface area contributed by atoms with Crippen LogP contribution in [0.5, 0.6) is 0 Å². The standard InChI is InChI=1S/C10H15N3OS/c1-2-3-13-9(14)4-7(11)10(13)8-5-12-6-15-8/h5-7,10H,2-4,11H2,1H3/t7-,10-/m0/s1. The molecule has 1 aliphatic rings. The predicted molar refractivity (Wildman–Crippen MR) is 59.5 cm³/mol. The van der Waals surface area contributed by atoms with E-state index in [0.29, 0.717) is 6.42 Å². The number of aromatic nitrogens is 1. The number of likely N-dealkylation sites (tertiary alicyclic amines) is 1. The summed E-state index contributed by atoms with van der Waals surface area (Å²) in [5.41, 5.74) is 7.78. The highest BCUT2D eigenvalue weighted by Gasteiger charge is 2.38. The molecule has 0 bridgehead atoms. The Morgan fingerprint density at radius 2 is 2.53 bits per heavy atom. The van der Waals surface area contributed by atoms with Crippen LogP contribution >= 0.6 is 11.3 Å². The van der Waals surface area contributed by atoms with E-state index in [-0.39, 0.29) is 18.0 Å². The first-order valence-corrected chi connectivity index (χ1v) is 6.05. The van der Waals surface area contributed by atoms with Gasteiger partial charge in [-0.15, -0.1) is 11.3 Å². The quantitative estimate of drug-likeness (QED) is 0.839. The van der Waals surface area contributed by atoms with Gasteiger partial charge < -0.3 is 10.6 Å². The van der Waals surface area contributed by atoms with Crippen LogP contribution < -0.4 is 5.73 Å². The van der Waals surface area contributed by atoms with Crippen molar-refractivity contribution in [3.8, 4) is 0 Å². The lowest BCUT2D eigenvalue weighted by molar-refractivity contribution is -0.129. The van der Waals surface area contributed by atoms with Crippen molar-refractivity contribution in [3.63, 3.8) is 0 Å². The normalized spacial score (nSPS) is 26.3. The fourth-order valence-corrected chi connectivity index (χ4v) is 2.86. The second-order valence-electron chi connectivity index (χ2n) is 3.80. The molecule has 82 valence electrons. The summed E-state index contributed by atoms with van der Waals surface area (Å²) in [7, 11) is 0. The molecule has 1 saturated heterocycles. The molecule has 0 radical (unpaired) electrons. The number of amides is 1. The van der Waals surface area contributed by atoms with Crippen LogP contribution in [0, 0.1) is 0 Å². The average Bonchev–Trinajstić information content (AvgIpc) is 2.77. The minimum Gasteiger partial charge on any atom is -0.333 e. The first kappa shape index (κ1) is 10.6. The van der Waals surface area contributed by atoms with Gasteiger partial charge >= 0.3 is 0 Å². The third kappa shape index (κ3) is 1.89. The van der Waals surface area contributed by atoms with Crippen molar-refractivity contribution in [2.75, 3.05) is 6.54 Å². The molecule has 0 saturated carbocycles. The van der Waals surface area contributed by atoms with E-state index in [1.54, 1.807) is 16.8 Å². The van der Waals surface area contributed by atoms with Crippen LogP contribution in [0.2, 0.25) is 0 Å². The molecule has 1 aromatic rings. The van der Waals surface area contributed by atoms with E-state index >= 15 is 0 Å². The number of nitrogens with zero attached hydrogens (tertiary/aromatic N) is 2. The largest absolute Gasteiger partial charge is 0.333 e. The van der Waals surface area contributed by atoms with Gasteiger partial charge in [-0.05, 0) is 6.42 Å². The van der Waals surface area contributed by atoms with Gasteiger partial charge in [0.1, 0.15) is 0 Å². The maximum absolute atomic E-state index is 11.7. The second-order valence-corrected chi connectivity index (χ2v) is 4.72. The summed E-state index contributed by atoms with van der Waals surface area (Å²) < 4.78 is 0. The Balaban J connectivity index is 2.23. The van der Waals surface area contributed by atoms with Crippen molar-refractivity contribution in [1.29, 1.82) is 0 Å². The van der Waals surface area contributed by atoms with Gasteiger partial charge in [-0.2, -0.15) is 0 Å². The van der Waals surface area contributed by atoms with Crippen LogP contribution in [0.25, 0.3) is 0 Å². The predicted octanol–water partition coefficient (Wildman–Crippen LogP) is 1.15. The Labute approximate surface area is 93.1 Å². The maximum Gasteiger partial charge on any atom is 0.224 e. The molecule has 0 unspecified atom stereocenters. The molecule has 2 N–H and O–H groups in total. The summed E-state index contributed by atoms with van der Waals surface area (Å²) in [6, 6.07) is -0.0329. The Bertz CT molecular complexity index is 338. The number of carbonyl (C=O) groups excluding carboxylic acids is 1. The summed E-state index contributed by atoms with van der Waals surface area (Å²) in [4.78, 5) is 18.7. The van der Waals surface area contributed by atoms with Crippen molar-refractivity contribution < 1.29 is 4.79 Å². The Kier molecular flexibility index (Phi) is 3.02. The summed E-state index contributed by atoms with van der Waals surface area (Å²) >= 11 is 1.57. The summed E-state index contributed by atoms with van der Waals surface area (Å²) in [5.74, 6) is 0.169. The van der Waals surface area contributed by atoms with E-state index in [4.69, 9.17) is 5.73 Å². The molecular formula is C10H15N3OS. The Hall–Kier alpha value is -0.940. The van der Waals surface area contributed by atoms with Crippen LogP contribution in [-0.4, -0.2) is 28.4 Å². The molecule has 2 heterocycles. The zero-order valence-electron chi connectivity index (χ0n) is 8.72. The van der Waals surface area contributed by atoms with Crippen molar-refractivity contribution in [3.05, 3.63) is 16.6 Å². The Morgan fingerprint density at radius 1 is 1.73 bits per heavy atom. The molecule has 1 aromatic heterocycles. The van der Waals surface area contributed by atoms with Crippen molar-refractivity contribution >= 4 is 17.2 Å². The number of hydrogen-bond acceptors (Lipinski definition) is 4. The summed E-state index contributed by atoms with van der Waals surface area (Å²) in [5, 5.41) is 0. The van der Waals surface area contributed by atoms with Crippen LogP contribution in [0.15, 0.2) is 11.7 Å². The van der Waals surface area contributed by atoms with E-state index in [0.717, 1.165) is 17.8 Å². The monoisotopic (exact) mass is 225 g/mol. The number of hydrogen-bond donors (Lipinski definition) is 1. The lowest BCUT2D eigenvalue weighted by atomic mass is 10.1. The van der Waals surface area contributed by atoms with Gasteiger partial charge in [0.25, 0.3) is 0 Å². The molecule has 2 atom stereocenters. The van der Waals surface area contributed by atoms with Crippen molar-refractivity contribution in [1.82, 2.24) is 9.88 Å². The Morgan fingerprint density at radius 3 is 3.13 bits per heavy atom. The van der Waals surface area contributed by atoms with E-state index in [2.05, 4.69) is 11.9 Å². The summed E-state index contributed by atoms with van der Waals surface area (Å²) in [6.07, 6.45) is 3.24. The zero-order chi connectivity index (χ0) is 10.8. The highest BCUT2D eigenvalue weighted by atomic mass is 32.1. The highest BCUT2D eigenvalue weighted by Crippen LogP contribution is 2.33. The molecule has 0 aromatic carbocycles. The third-order valence-corrected chi connectivity index (χ3v) is 3.53. The number of carbonyl (C=O) groups is 1. The van der Waals surface area contributed by atoms with E-state index < -0.39 is 0 Å². The van der Waals surface area contributed by atoms with Crippen LogP contribution in [-0.2, 0) is 4.79 Å². The smallest absolute Gasteiger partial charge is 0.224 e. The van der Waals surface area contributed by atoms with Gasteiger partial charge in [-0.25, -0.2) is 0 Å². The van der Waals surface area contributed by atoms with Crippen LogP contribution in [0.3, 0.4) is 0 Å². The molecule has 0 aliphatic carbocycles. The van der Waals surface area contributed by atoms with Gasteiger partial charge in [0.05, 0.1) is 11.6 Å². The molecule has 15 heavy (non-hydrogen) atoms. The fourth-order valence-electron chi connectivity index (χ4n) is 2.06. The molecule has 5 heteroatoms. The van der Waals surface area contributed by atoms with E-state index in [1.807, 2.05) is 11.1 Å². The van der Waals surface area contributed by atoms with Crippen molar-refractivity contribution in [2.24, 2.45) is 5.73 Å². The third-order valence-electron chi connectivity index (χ3n) is 2.68. The van der Waals surface area contributed by atoms with Gasteiger partial charge in [-0.3, -0.25) is 9.78 Å².